The second kappa shape index (κ2) is 2.71. The monoisotopic (exact) mass is 128 g/mol. The van der Waals surface area contributed by atoms with Crippen LogP contribution >= 0.6 is 0 Å². The fraction of sp³-hybridized carbons (Fsp3) is 1.00. The van der Waals surface area contributed by atoms with Gasteiger partial charge in [-0.3, -0.25) is 0 Å². The van der Waals surface area contributed by atoms with Crippen LogP contribution in [0.2, 0.25) is 0 Å². The van der Waals surface area contributed by atoms with Crippen molar-refractivity contribution in [2.75, 3.05) is 6.61 Å². The number of ether oxygens (including phenoxy) is 1. The highest BCUT2D eigenvalue weighted by molar-refractivity contribution is 6.11. The molecule has 2 unspecified atom stereocenters. The van der Waals surface area contributed by atoms with E-state index in [4.69, 9.17) is 9.84 Å². The highest BCUT2D eigenvalue weighted by Crippen LogP contribution is 2.23. The van der Waals surface area contributed by atoms with Gasteiger partial charge in [-0.25, -0.2) is 0 Å². The van der Waals surface area contributed by atoms with Gasteiger partial charge >= 0.3 is 0 Å². The number of hydrogen-bond donors (Lipinski definition) is 1. The van der Waals surface area contributed by atoms with Gasteiger partial charge in [-0.1, -0.05) is 6.92 Å². The molecule has 1 aliphatic rings. The molecule has 1 rings (SSSR count). The summed E-state index contributed by atoms with van der Waals surface area (Å²) in [6, 6.07) is 0.345. The number of rotatable bonds is 1. The van der Waals surface area contributed by atoms with E-state index in [0.717, 1.165) is 6.42 Å². The summed E-state index contributed by atoms with van der Waals surface area (Å²) in [7, 11) is 2.05. The van der Waals surface area contributed by atoms with Gasteiger partial charge in [-0.15, -0.1) is 0 Å². The SMILES string of the molecule is BC1C[C@@H](C)C(CO)O1. The Morgan fingerprint density at radius 1 is 1.78 bits per heavy atom. The molecule has 9 heavy (non-hydrogen) atoms. The standard InChI is InChI=1S/C6H13BO2/c1-4-2-6(7)9-5(4)3-8/h4-6,8H,2-3,7H2,1H3/t4-,5?,6?/m1/s1. The van der Waals surface area contributed by atoms with Gasteiger partial charge in [-0.2, -0.15) is 0 Å². The molecule has 0 radical (unpaired) electrons. The molecule has 0 aromatic heterocycles. The van der Waals surface area contributed by atoms with Crippen molar-refractivity contribution in [1.82, 2.24) is 0 Å². The predicted octanol–water partition coefficient (Wildman–Crippen LogP) is -0.637. The molecule has 1 heterocycles. The van der Waals surface area contributed by atoms with Crippen LogP contribution in [0.1, 0.15) is 13.3 Å². The van der Waals surface area contributed by atoms with Crippen LogP contribution in [0, 0.1) is 5.92 Å². The summed E-state index contributed by atoms with van der Waals surface area (Å²) in [5.41, 5.74) is 0. The van der Waals surface area contributed by atoms with E-state index in [9.17, 15) is 0 Å². The van der Waals surface area contributed by atoms with E-state index in [1.165, 1.54) is 0 Å². The molecule has 0 spiro atoms. The van der Waals surface area contributed by atoms with Gasteiger partial charge in [0.25, 0.3) is 0 Å². The highest BCUT2D eigenvalue weighted by atomic mass is 16.5. The molecule has 0 amide bonds. The number of aliphatic hydroxyl groups excluding tert-OH is 1. The summed E-state index contributed by atoms with van der Waals surface area (Å²) >= 11 is 0. The van der Waals surface area contributed by atoms with Crippen molar-refractivity contribution in [1.29, 1.82) is 0 Å². The number of aliphatic hydroxyl groups is 1. The van der Waals surface area contributed by atoms with E-state index < -0.39 is 0 Å². The Morgan fingerprint density at radius 2 is 2.44 bits per heavy atom. The van der Waals surface area contributed by atoms with Crippen LogP contribution in [-0.4, -0.2) is 31.7 Å². The van der Waals surface area contributed by atoms with Crippen molar-refractivity contribution in [2.45, 2.75) is 25.5 Å². The molecular formula is C6H13BO2. The van der Waals surface area contributed by atoms with Crippen LogP contribution in [0.25, 0.3) is 0 Å². The van der Waals surface area contributed by atoms with Gasteiger partial charge in [0.1, 0.15) is 7.85 Å². The average molecular weight is 128 g/mol. The molecule has 0 aromatic carbocycles. The minimum atomic E-state index is 0.0972. The molecule has 0 aromatic rings. The van der Waals surface area contributed by atoms with Crippen LogP contribution in [0.3, 0.4) is 0 Å². The fourth-order valence-corrected chi connectivity index (χ4v) is 1.39. The van der Waals surface area contributed by atoms with Gasteiger partial charge < -0.3 is 9.84 Å². The minimum absolute atomic E-state index is 0.0972. The largest absolute Gasteiger partial charge is 0.394 e. The van der Waals surface area contributed by atoms with Crippen molar-refractivity contribution in [2.24, 2.45) is 5.92 Å². The summed E-state index contributed by atoms with van der Waals surface area (Å²) in [5, 5.41) is 8.73. The molecule has 0 aliphatic carbocycles. The molecule has 0 saturated carbocycles. The quantitative estimate of drug-likeness (QED) is 0.476. The summed E-state index contributed by atoms with van der Waals surface area (Å²) < 4.78 is 5.37. The first-order chi connectivity index (χ1) is 4.24. The molecule has 3 heteroatoms. The Hall–Kier alpha value is -0.0151. The smallest absolute Gasteiger partial charge is 0.139 e. The third-order valence-corrected chi connectivity index (χ3v) is 1.93. The second-order valence-electron chi connectivity index (χ2n) is 2.88. The molecule has 1 aliphatic heterocycles. The van der Waals surface area contributed by atoms with E-state index in [1.807, 2.05) is 7.85 Å². The lowest BCUT2D eigenvalue weighted by Gasteiger charge is -2.09. The first kappa shape index (κ1) is 7.10. The zero-order valence-corrected chi connectivity index (χ0v) is 6.00. The normalized spacial score (nSPS) is 43.6. The van der Waals surface area contributed by atoms with Crippen LogP contribution in [-0.2, 0) is 4.74 Å². The Bertz CT molecular complexity index is 97.1. The maximum Gasteiger partial charge on any atom is 0.139 e. The molecule has 3 atom stereocenters. The van der Waals surface area contributed by atoms with Crippen LogP contribution < -0.4 is 0 Å². The topological polar surface area (TPSA) is 29.5 Å². The van der Waals surface area contributed by atoms with Crippen molar-refractivity contribution in [3.63, 3.8) is 0 Å². The zero-order chi connectivity index (χ0) is 6.85. The fourth-order valence-electron chi connectivity index (χ4n) is 1.39. The predicted molar refractivity (Wildman–Crippen MR) is 38.1 cm³/mol. The maximum atomic E-state index is 8.73. The Morgan fingerprint density at radius 3 is 2.67 bits per heavy atom. The summed E-state index contributed by atoms with van der Waals surface area (Å²) in [6.07, 6.45) is 1.19. The first-order valence-electron chi connectivity index (χ1n) is 3.50. The molecular weight excluding hydrogens is 115 g/mol. The zero-order valence-electron chi connectivity index (χ0n) is 6.00. The lowest BCUT2D eigenvalue weighted by atomic mass is 9.92. The molecule has 0 bridgehead atoms. The Labute approximate surface area is 56.6 Å². The molecule has 1 saturated heterocycles. The van der Waals surface area contributed by atoms with Crippen LogP contribution in [0.15, 0.2) is 0 Å². The summed E-state index contributed by atoms with van der Waals surface area (Å²) in [4.78, 5) is 0. The van der Waals surface area contributed by atoms with Gasteiger partial charge in [0.2, 0.25) is 0 Å². The van der Waals surface area contributed by atoms with Crippen molar-refractivity contribution >= 4 is 7.85 Å². The maximum absolute atomic E-state index is 8.73. The average Bonchev–Trinajstić information content (AvgIpc) is 2.10. The Balaban J connectivity index is 2.38. The van der Waals surface area contributed by atoms with Gasteiger partial charge in [0.15, 0.2) is 0 Å². The summed E-state index contributed by atoms with van der Waals surface area (Å²) in [6.45, 7) is 2.29. The van der Waals surface area contributed by atoms with E-state index >= 15 is 0 Å². The molecule has 1 fully saturated rings. The molecule has 52 valence electrons. The highest BCUT2D eigenvalue weighted by Gasteiger charge is 2.28. The third-order valence-electron chi connectivity index (χ3n) is 1.93. The minimum Gasteiger partial charge on any atom is -0.394 e. The van der Waals surface area contributed by atoms with E-state index in [0.29, 0.717) is 11.9 Å². The third kappa shape index (κ3) is 1.46. The Kier molecular flexibility index (Phi) is 2.14. The first-order valence-corrected chi connectivity index (χ1v) is 3.50. The lowest BCUT2D eigenvalue weighted by molar-refractivity contribution is 0.0293. The molecule has 2 nitrogen and oxygen atoms in total. The number of hydrogen-bond acceptors (Lipinski definition) is 2. The van der Waals surface area contributed by atoms with Crippen LogP contribution in [0.4, 0.5) is 0 Å². The lowest BCUT2D eigenvalue weighted by Crippen LogP contribution is -2.18. The molecule has 1 N–H and O–H groups in total. The summed E-state index contributed by atoms with van der Waals surface area (Å²) in [5.74, 6) is 0.532. The van der Waals surface area contributed by atoms with Gasteiger partial charge in [0, 0.05) is 6.00 Å². The van der Waals surface area contributed by atoms with Crippen LogP contribution in [0.5, 0.6) is 0 Å². The van der Waals surface area contributed by atoms with E-state index in [2.05, 4.69) is 6.92 Å². The van der Waals surface area contributed by atoms with E-state index in [1.54, 1.807) is 0 Å². The van der Waals surface area contributed by atoms with Gasteiger partial charge in [0.05, 0.1) is 12.7 Å². The van der Waals surface area contributed by atoms with E-state index in [-0.39, 0.29) is 12.7 Å². The van der Waals surface area contributed by atoms with Gasteiger partial charge in [-0.05, 0) is 12.3 Å². The van der Waals surface area contributed by atoms with Crippen molar-refractivity contribution < 1.29 is 9.84 Å². The second-order valence-corrected chi connectivity index (χ2v) is 2.88. The van der Waals surface area contributed by atoms with Crippen molar-refractivity contribution in [3.8, 4) is 0 Å². The van der Waals surface area contributed by atoms with Crippen molar-refractivity contribution in [3.05, 3.63) is 0 Å².